The molecule has 0 amide bonds. The summed E-state index contributed by atoms with van der Waals surface area (Å²) in [4.78, 5) is 0. The van der Waals surface area contributed by atoms with Crippen molar-refractivity contribution < 1.29 is 0 Å². The highest BCUT2D eigenvalue weighted by atomic mass is 31.0. The summed E-state index contributed by atoms with van der Waals surface area (Å²) < 4.78 is 0. The van der Waals surface area contributed by atoms with Gasteiger partial charge in [0, 0.05) is 0 Å². The molecule has 0 aromatic carbocycles. The predicted molar refractivity (Wildman–Crippen MR) is 56.9 cm³/mol. The molecule has 0 aromatic rings. The van der Waals surface area contributed by atoms with Gasteiger partial charge in [-0.2, -0.15) is 0 Å². The molecule has 0 saturated carbocycles. The van der Waals surface area contributed by atoms with Gasteiger partial charge in [-0.15, -0.1) is 9.24 Å². The molecule has 0 saturated heterocycles. The topological polar surface area (TPSA) is 0 Å². The zero-order valence-electron chi connectivity index (χ0n) is 8.17. The van der Waals surface area contributed by atoms with Crippen molar-refractivity contribution in [3.05, 3.63) is 12.2 Å². The summed E-state index contributed by atoms with van der Waals surface area (Å²) in [6, 6.07) is 0. The van der Waals surface area contributed by atoms with Gasteiger partial charge in [0.05, 0.1) is 0 Å². The van der Waals surface area contributed by atoms with Gasteiger partial charge in [-0.05, 0) is 30.8 Å². The maximum absolute atomic E-state index is 2.93. The Morgan fingerprint density at radius 2 is 1.91 bits per heavy atom. The van der Waals surface area contributed by atoms with E-state index in [1.165, 1.54) is 6.42 Å². The fourth-order valence-corrected chi connectivity index (χ4v) is 1.59. The molecule has 0 heterocycles. The van der Waals surface area contributed by atoms with Gasteiger partial charge in [-0.25, -0.2) is 0 Å². The summed E-state index contributed by atoms with van der Waals surface area (Å²) in [5.41, 5.74) is 0.765. The zero-order chi connectivity index (χ0) is 8.85. The van der Waals surface area contributed by atoms with Crippen molar-refractivity contribution in [1.29, 1.82) is 0 Å². The van der Waals surface area contributed by atoms with Crippen LogP contribution < -0.4 is 0 Å². The Hall–Kier alpha value is 0.170. The monoisotopic (exact) mass is 172 g/mol. The van der Waals surface area contributed by atoms with Crippen LogP contribution in [0.2, 0.25) is 0 Å². The molecule has 11 heavy (non-hydrogen) atoms. The summed E-state index contributed by atoms with van der Waals surface area (Å²) in [7, 11) is 2.93. The third-order valence-electron chi connectivity index (χ3n) is 2.47. The van der Waals surface area contributed by atoms with E-state index in [1.54, 1.807) is 0 Å². The molecule has 0 N–H and O–H groups in total. The number of allylic oxidation sites excluding steroid dienone is 2. The van der Waals surface area contributed by atoms with Crippen molar-refractivity contribution in [2.75, 3.05) is 0 Å². The minimum atomic E-state index is 0.711. The van der Waals surface area contributed by atoms with Gasteiger partial charge >= 0.3 is 0 Å². The van der Waals surface area contributed by atoms with E-state index in [0.29, 0.717) is 5.92 Å². The molecule has 0 aliphatic rings. The van der Waals surface area contributed by atoms with Crippen LogP contribution in [0.1, 0.15) is 34.1 Å². The highest BCUT2D eigenvalue weighted by Crippen LogP contribution is 2.24. The SMILES string of the molecule is C/C=C\[C@H](C)C(C)C(P)CC. The van der Waals surface area contributed by atoms with Gasteiger partial charge in [0.2, 0.25) is 0 Å². The molecular formula is C10H21P. The van der Waals surface area contributed by atoms with E-state index < -0.39 is 0 Å². The lowest BCUT2D eigenvalue weighted by atomic mass is 9.91. The first-order valence-electron chi connectivity index (χ1n) is 4.51. The lowest BCUT2D eigenvalue weighted by Crippen LogP contribution is -2.16. The van der Waals surface area contributed by atoms with Gasteiger partial charge in [0.25, 0.3) is 0 Å². The number of rotatable bonds is 4. The van der Waals surface area contributed by atoms with Gasteiger partial charge < -0.3 is 0 Å². The molecule has 4 atom stereocenters. The second-order valence-electron chi connectivity index (χ2n) is 3.32. The third kappa shape index (κ3) is 3.91. The molecule has 0 aliphatic carbocycles. The third-order valence-corrected chi connectivity index (χ3v) is 3.55. The van der Waals surface area contributed by atoms with Crippen molar-refractivity contribution in [3.63, 3.8) is 0 Å². The molecule has 1 heteroatoms. The Bertz CT molecular complexity index is 118. The van der Waals surface area contributed by atoms with Crippen LogP contribution in [0, 0.1) is 11.8 Å². The Balaban J connectivity index is 3.90. The smallest absolute Gasteiger partial charge is 0.0230 e. The Morgan fingerprint density at radius 3 is 2.27 bits per heavy atom. The van der Waals surface area contributed by atoms with E-state index in [-0.39, 0.29) is 0 Å². The lowest BCUT2D eigenvalue weighted by molar-refractivity contribution is 0.435. The molecule has 0 spiro atoms. The van der Waals surface area contributed by atoms with E-state index in [9.17, 15) is 0 Å². The lowest BCUT2D eigenvalue weighted by Gasteiger charge is -2.22. The Kier molecular flexibility index (Phi) is 5.86. The molecule has 0 bridgehead atoms. The van der Waals surface area contributed by atoms with Crippen LogP contribution in [-0.4, -0.2) is 5.66 Å². The van der Waals surface area contributed by atoms with Crippen LogP contribution in [0.5, 0.6) is 0 Å². The number of hydrogen-bond donors (Lipinski definition) is 0. The summed E-state index contributed by atoms with van der Waals surface area (Å²) >= 11 is 0. The second-order valence-corrected chi connectivity index (χ2v) is 4.17. The average molecular weight is 172 g/mol. The predicted octanol–water partition coefficient (Wildman–Crippen LogP) is 3.49. The molecule has 0 radical (unpaired) electrons. The Labute approximate surface area is 73.7 Å². The first kappa shape index (κ1) is 11.2. The van der Waals surface area contributed by atoms with Crippen LogP contribution in [-0.2, 0) is 0 Å². The maximum Gasteiger partial charge on any atom is -0.0230 e. The minimum Gasteiger partial charge on any atom is -0.134 e. The van der Waals surface area contributed by atoms with Crippen molar-refractivity contribution in [2.45, 2.75) is 39.8 Å². The van der Waals surface area contributed by atoms with Crippen LogP contribution in [0.15, 0.2) is 12.2 Å². The molecule has 0 aromatic heterocycles. The summed E-state index contributed by atoms with van der Waals surface area (Å²) in [5.74, 6) is 1.49. The molecule has 0 aliphatic heterocycles. The summed E-state index contributed by atoms with van der Waals surface area (Å²) in [6.07, 6.45) is 5.69. The van der Waals surface area contributed by atoms with E-state index in [2.05, 4.69) is 49.1 Å². The average Bonchev–Trinajstić information content (AvgIpc) is 2.02. The van der Waals surface area contributed by atoms with Crippen LogP contribution in [0.3, 0.4) is 0 Å². The molecule has 3 unspecified atom stereocenters. The first-order chi connectivity index (χ1) is 5.13. The number of hydrogen-bond acceptors (Lipinski definition) is 0. The fraction of sp³-hybridized carbons (Fsp3) is 0.800. The molecular weight excluding hydrogens is 151 g/mol. The van der Waals surface area contributed by atoms with Crippen molar-refractivity contribution in [1.82, 2.24) is 0 Å². The highest BCUT2D eigenvalue weighted by Gasteiger charge is 2.14. The van der Waals surface area contributed by atoms with Gasteiger partial charge in [0.1, 0.15) is 0 Å². The maximum atomic E-state index is 2.93. The standard InChI is InChI=1S/C10H21P/c1-5-7-8(3)9(4)10(11)6-2/h5,7-10H,6,11H2,1-4H3/b7-5-/t8-,9?,10?/m0/s1. The van der Waals surface area contributed by atoms with Crippen LogP contribution in [0.25, 0.3) is 0 Å². The fourth-order valence-electron chi connectivity index (χ4n) is 1.24. The van der Waals surface area contributed by atoms with Crippen LogP contribution in [0.4, 0.5) is 0 Å². The van der Waals surface area contributed by atoms with E-state index >= 15 is 0 Å². The Morgan fingerprint density at radius 1 is 1.36 bits per heavy atom. The molecule has 0 fully saturated rings. The van der Waals surface area contributed by atoms with Crippen molar-refractivity contribution >= 4 is 9.24 Å². The largest absolute Gasteiger partial charge is 0.134 e. The summed E-state index contributed by atoms with van der Waals surface area (Å²) in [5, 5.41) is 0. The zero-order valence-corrected chi connectivity index (χ0v) is 9.33. The van der Waals surface area contributed by atoms with Crippen molar-refractivity contribution in [2.24, 2.45) is 11.8 Å². The molecule has 0 rings (SSSR count). The van der Waals surface area contributed by atoms with Crippen molar-refractivity contribution in [3.8, 4) is 0 Å². The highest BCUT2D eigenvalue weighted by molar-refractivity contribution is 7.17. The van der Waals surface area contributed by atoms with E-state index in [4.69, 9.17) is 0 Å². The molecule has 66 valence electrons. The first-order valence-corrected chi connectivity index (χ1v) is 5.18. The second kappa shape index (κ2) is 5.77. The van der Waals surface area contributed by atoms with E-state index in [0.717, 1.165) is 11.6 Å². The van der Waals surface area contributed by atoms with Crippen LogP contribution >= 0.6 is 9.24 Å². The summed E-state index contributed by atoms with van der Waals surface area (Å²) in [6.45, 7) is 8.95. The quantitative estimate of drug-likeness (QED) is 0.450. The van der Waals surface area contributed by atoms with Gasteiger partial charge in [-0.3, -0.25) is 0 Å². The van der Waals surface area contributed by atoms with Gasteiger partial charge in [0.15, 0.2) is 0 Å². The van der Waals surface area contributed by atoms with Gasteiger partial charge in [-0.1, -0.05) is 32.9 Å². The minimum absolute atomic E-state index is 0.711. The van der Waals surface area contributed by atoms with E-state index in [1.807, 2.05) is 0 Å². The normalized spacial score (nSPS) is 20.1. The molecule has 0 nitrogen and oxygen atoms in total.